The lowest BCUT2D eigenvalue weighted by Gasteiger charge is -1.95. The van der Waals surface area contributed by atoms with Crippen LogP contribution in [0.1, 0.15) is 6.92 Å². The van der Waals surface area contributed by atoms with Crippen LogP contribution in [0.25, 0.3) is 10.2 Å². The normalized spacial score (nSPS) is 10.2. The van der Waals surface area contributed by atoms with Crippen LogP contribution in [0.4, 0.5) is 5.82 Å². The van der Waals surface area contributed by atoms with Gasteiger partial charge < -0.3 is 5.32 Å². The Balaban J connectivity index is 2.51. The van der Waals surface area contributed by atoms with Gasteiger partial charge >= 0.3 is 0 Å². The van der Waals surface area contributed by atoms with E-state index in [2.05, 4.69) is 19.7 Å². The SMILES string of the molecule is CC(=O)Nc1nsc2ncncc12. The van der Waals surface area contributed by atoms with E-state index < -0.39 is 0 Å². The van der Waals surface area contributed by atoms with Gasteiger partial charge in [-0.25, -0.2) is 9.97 Å². The summed E-state index contributed by atoms with van der Waals surface area (Å²) in [6, 6.07) is 0. The molecule has 66 valence electrons. The Hall–Kier alpha value is -1.56. The first kappa shape index (κ1) is 8.06. The molecule has 2 rings (SSSR count). The average Bonchev–Trinajstić information content (AvgIpc) is 2.48. The minimum Gasteiger partial charge on any atom is -0.309 e. The molecule has 0 saturated carbocycles. The van der Waals surface area contributed by atoms with Crippen molar-refractivity contribution in [3.8, 4) is 0 Å². The maximum Gasteiger partial charge on any atom is 0.222 e. The van der Waals surface area contributed by atoms with Crippen molar-refractivity contribution in [2.24, 2.45) is 0 Å². The van der Waals surface area contributed by atoms with E-state index >= 15 is 0 Å². The van der Waals surface area contributed by atoms with E-state index in [9.17, 15) is 4.79 Å². The molecule has 0 saturated heterocycles. The van der Waals surface area contributed by atoms with Crippen molar-refractivity contribution in [2.75, 3.05) is 5.32 Å². The summed E-state index contributed by atoms with van der Waals surface area (Å²) in [6.45, 7) is 1.44. The molecule has 0 aliphatic rings. The number of nitrogens with one attached hydrogen (secondary N) is 1. The van der Waals surface area contributed by atoms with Gasteiger partial charge in [0, 0.05) is 13.1 Å². The molecule has 0 radical (unpaired) electrons. The molecule has 1 N–H and O–H groups in total. The van der Waals surface area contributed by atoms with E-state index in [-0.39, 0.29) is 5.91 Å². The zero-order valence-electron chi connectivity index (χ0n) is 6.81. The van der Waals surface area contributed by atoms with Crippen molar-refractivity contribution >= 4 is 33.5 Å². The van der Waals surface area contributed by atoms with Gasteiger partial charge in [0.25, 0.3) is 0 Å². The minimum atomic E-state index is -0.143. The Morgan fingerprint density at radius 1 is 1.62 bits per heavy atom. The third-order valence-corrected chi connectivity index (χ3v) is 2.22. The fourth-order valence-electron chi connectivity index (χ4n) is 0.949. The molecule has 2 aromatic heterocycles. The molecule has 0 unspecified atom stereocenters. The summed E-state index contributed by atoms with van der Waals surface area (Å²) in [5, 5.41) is 3.39. The lowest BCUT2D eigenvalue weighted by molar-refractivity contribution is -0.114. The maximum atomic E-state index is 10.8. The maximum absolute atomic E-state index is 10.8. The molecule has 0 bridgehead atoms. The fourth-order valence-corrected chi connectivity index (χ4v) is 1.61. The summed E-state index contributed by atoms with van der Waals surface area (Å²) >= 11 is 1.24. The van der Waals surface area contributed by atoms with Crippen LogP contribution in [-0.4, -0.2) is 20.2 Å². The molecule has 5 nitrogen and oxygen atoms in total. The highest BCUT2D eigenvalue weighted by Crippen LogP contribution is 2.22. The molecule has 2 heterocycles. The Morgan fingerprint density at radius 2 is 2.46 bits per heavy atom. The quantitative estimate of drug-likeness (QED) is 0.736. The number of rotatable bonds is 1. The first-order valence-corrected chi connectivity index (χ1v) is 4.37. The molecule has 1 amide bonds. The Kier molecular flexibility index (Phi) is 1.90. The summed E-state index contributed by atoms with van der Waals surface area (Å²) in [7, 11) is 0. The summed E-state index contributed by atoms with van der Waals surface area (Å²) in [6.07, 6.45) is 3.09. The van der Waals surface area contributed by atoms with Gasteiger partial charge in [0.2, 0.25) is 5.91 Å². The predicted molar refractivity (Wildman–Crippen MR) is 49.5 cm³/mol. The Labute approximate surface area is 78.0 Å². The largest absolute Gasteiger partial charge is 0.309 e. The zero-order valence-corrected chi connectivity index (χ0v) is 7.63. The first-order chi connectivity index (χ1) is 6.27. The van der Waals surface area contributed by atoms with Gasteiger partial charge in [-0.15, -0.1) is 0 Å². The zero-order chi connectivity index (χ0) is 9.26. The van der Waals surface area contributed by atoms with Crippen molar-refractivity contribution in [1.82, 2.24) is 14.3 Å². The summed E-state index contributed by atoms with van der Waals surface area (Å²) in [5.74, 6) is 0.393. The molecule has 0 spiro atoms. The van der Waals surface area contributed by atoms with Crippen LogP contribution >= 0.6 is 11.5 Å². The van der Waals surface area contributed by atoms with Gasteiger partial charge in [0.1, 0.15) is 11.2 Å². The van der Waals surface area contributed by atoms with Crippen molar-refractivity contribution in [3.63, 3.8) is 0 Å². The molecule has 6 heteroatoms. The van der Waals surface area contributed by atoms with Crippen LogP contribution < -0.4 is 5.32 Å². The number of hydrogen-bond acceptors (Lipinski definition) is 5. The number of hydrogen-bond donors (Lipinski definition) is 1. The second-order valence-corrected chi connectivity index (χ2v) is 3.21. The van der Waals surface area contributed by atoms with Gasteiger partial charge in [0.05, 0.1) is 5.39 Å². The number of fused-ring (bicyclic) bond motifs is 1. The Bertz CT molecular complexity index is 452. The average molecular weight is 194 g/mol. The lowest BCUT2D eigenvalue weighted by atomic mass is 10.4. The summed E-state index contributed by atoms with van der Waals surface area (Å²) in [5.41, 5.74) is 0. The second-order valence-electron chi connectivity index (χ2n) is 2.45. The van der Waals surface area contributed by atoms with Gasteiger partial charge in [0.15, 0.2) is 5.82 Å². The van der Waals surface area contributed by atoms with Gasteiger partial charge in [-0.05, 0) is 11.5 Å². The van der Waals surface area contributed by atoms with Crippen molar-refractivity contribution in [3.05, 3.63) is 12.5 Å². The third kappa shape index (κ3) is 1.48. The molecule has 0 atom stereocenters. The molecule has 0 aromatic carbocycles. The van der Waals surface area contributed by atoms with E-state index in [1.54, 1.807) is 6.20 Å². The lowest BCUT2D eigenvalue weighted by Crippen LogP contribution is -2.05. The Morgan fingerprint density at radius 3 is 3.23 bits per heavy atom. The van der Waals surface area contributed by atoms with E-state index in [1.165, 1.54) is 24.8 Å². The second kappa shape index (κ2) is 3.06. The molecule has 0 fully saturated rings. The fraction of sp³-hybridized carbons (Fsp3) is 0.143. The predicted octanol–water partition coefficient (Wildman–Crippen LogP) is 1.04. The van der Waals surface area contributed by atoms with Crippen LogP contribution in [0.15, 0.2) is 12.5 Å². The summed E-state index contributed by atoms with van der Waals surface area (Å²) in [4.78, 5) is 19.4. The highest BCUT2D eigenvalue weighted by atomic mass is 32.1. The van der Waals surface area contributed by atoms with Gasteiger partial charge in [-0.2, -0.15) is 4.37 Å². The molecule has 13 heavy (non-hydrogen) atoms. The molecule has 2 aromatic rings. The van der Waals surface area contributed by atoms with Gasteiger partial charge in [-0.1, -0.05) is 0 Å². The third-order valence-electron chi connectivity index (χ3n) is 1.45. The van der Waals surface area contributed by atoms with E-state index in [1.807, 2.05) is 0 Å². The first-order valence-electron chi connectivity index (χ1n) is 3.60. The van der Waals surface area contributed by atoms with Crippen molar-refractivity contribution in [1.29, 1.82) is 0 Å². The highest BCUT2D eigenvalue weighted by molar-refractivity contribution is 7.13. The van der Waals surface area contributed by atoms with E-state index in [0.29, 0.717) is 5.82 Å². The highest BCUT2D eigenvalue weighted by Gasteiger charge is 2.07. The van der Waals surface area contributed by atoms with Crippen LogP contribution in [-0.2, 0) is 4.79 Å². The number of carbonyl (C=O) groups excluding carboxylic acids is 1. The molecule has 0 aliphatic heterocycles. The van der Waals surface area contributed by atoms with Gasteiger partial charge in [-0.3, -0.25) is 4.79 Å². The number of nitrogens with zero attached hydrogens (tertiary/aromatic N) is 3. The smallest absolute Gasteiger partial charge is 0.222 e. The minimum absolute atomic E-state index is 0.143. The standard InChI is InChI=1S/C7H6N4OS/c1-4(12)10-6-5-2-8-3-9-7(5)13-11-6/h2-3H,1H3,(H,10,11,12). The number of carbonyl (C=O) groups is 1. The number of amides is 1. The van der Waals surface area contributed by atoms with E-state index in [4.69, 9.17) is 0 Å². The monoisotopic (exact) mass is 194 g/mol. The van der Waals surface area contributed by atoms with E-state index in [0.717, 1.165) is 10.2 Å². The van der Waals surface area contributed by atoms with Crippen LogP contribution in [0.3, 0.4) is 0 Å². The van der Waals surface area contributed by atoms with Crippen LogP contribution in [0.2, 0.25) is 0 Å². The summed E-state index contributed by atoms with van der Waals surface area (Å²) < 4.78 is 4.04. The number of aromatic nitrogens is 3. The molecular weight excluding hydrogens is 188 g/mol. The topological polar surface area (TPSA) is 67.8 Å². The number of anilines is 1. The molecule has 0 aliphatic carbocycles. The van der Waals surface area contributed by atoms with Crippen molar-refractivity contribution in [2.45, 2.75) is 6.92 Å². The van der Waals surface area contributed by atoms with Crippen LogP contribution in [0.5, 0.6) is 0 Å². The van der Waals surface area contributed by atoms with Crippen molar-refractivity contribution < 1.29 is 4.79 Å². The van der Waals surface area contributed by atoms with Crippen LogP contribution in [0, 0.1) is 0 Å². The molecular formula is C7H6N4OS.